The van der Waals surface area contributed by atoms with Crippen molar-refractivity contribution in [2.24, 2.45) is 0 Å². The maximum absolute atomic E-state index is 12.2. The average Bonchev–Trinajstić information content (AvgIpc) is 3.26. The predicted octanol–water partition coefficient (Wildman–Crippen LogP) is -0.255. The van der Waals surface area contributed by atoms with Crippen molar-refractivity contribution in [1.29, 1.82) is 0 Å². The van der Waals surface area contributed by atoms with E-state index in [4.69, 9.17) is 0 Å². The van der Waals surface area contributed by atoms with Crippen molar-refractivity contribution in [2.75, 3.05) is 27.7 Å². The molecule has 6 heteroatoms. The van der Waals surface area contributed by atoms with Gasteiger partial charge in [0.1, 0.15) is 12.1 Å². The normalized spacial score (nSPS) is 35.3. The summed E-state index contributed by atoms with van der Waals surface area (Å²) in [5.74, 6) is 0.289. The number of amides is 2. The highest BCUT2D eigenvalue weighted by atomic mass is 16.2. The first kappa shape index (κ1) is 16.2. The molecule has 2 heterocycles. The van der Waals surface area contributed by atoms with Gasteiger partial charge in [-0.15, -0.1) is 0 Å². The van der Waals surface area contributed by atoms with Crippen LogP contribution in [0.1, 0.15) is 27.2 Å². The molecule has 1 N–H and O–H groups in total. The van der Waals surface area contributed by atoms with Crippen molar-refractivity contribution in [2.45, 2.75) is 57.4 Å². The largest absolute Gasteiger partial charge is 0.353 e. The van der Waals surface area contributed by atoms with E-state index in [1.54, 1.807) is 0 Å². The zero-order chi connectivity index (χ0) is 15.9. The van der Waals surface area contributed by atoms with Crippen molar-refractivity contribution >= 4 is 11.8 Å². The lowest BCUT2D eigenvalue weighted by Gasteiger charge is -2.25. The molecule has 0 spiro atoms. The minimum absolute atomic E-state index is 0.0399. The van der Waals surface area contributed by atoms with E-state index < -0.39 is 0 Å². The molecule has 6 unspecified atom stereocenters. The molecule has 2 saturated heterocycles. The number of carbonyl (C=O) groups excluding carboxylic acids is 2. The highest BCUT2D eigenvalue weighted by molar-refractivity contribution is 5.86. The Balaban J connectivity index is 1.82. The maximum Gasteiger partial charge on any atom is 0.241 e. The lowest BCUT2D eigenvalue weighted by Crippen LogP contribution is -2.40. The number of hydrogen-bond donors (Lipinski definition) is 1. The molecular weight excluding hydrogens is 268 g/mol. The lowest BCUT2D eigenvalue weighted by molar-refractivity contribution is -0.131. The summed E-state index contributed by atoms with van der Waals surface area (Å²) in [6.07, 6.45) is 0.839. The molecule has 0 radical (unpaired) electrons. The Labute approximate surface area is 127 Å². The third kappa shape index (κ3) is 3.55. The second-order valence-electron chi connectivity index (χ2n) is 6.83. The summed E-state index contributed by atoms with van der Waals surface area (Å²) < 4.78 is 0. The average molecular weight is 296 g/mol. The minimum atomic E-state index is -0.0399. The fourth-order valence-corrected chi connectivity index (χ4v) is 2.88. The van der Waals surface area contributed by atoms with Gasteiger partial charge < -0.3 is 10.2 Å². The highest BCUT2D eigenvalue weighted by Gasteiger charge is 2.50. The third-order valence-corrected chi connectivity index (χ3v) is 4.67. The number of carbonyl (C=O) groups is 2. The van der Waals surface area contributed by atoms with Crippen molar-refractivity contribution in [3.63, 3.8) is 0 Å². The van der Waals surface area contributed by atoms with Crippen LogP contribution in [0.5, 0.6) is 0 Å². The fraction of sp³-hybridized carbons (Fsp3) is 0.867. The van der Waals surface area contributed by atoms with Crippen LogP contribution < -0.4 is 5.32 Å². The van der Waals surface area contributed by atoms with Gasteiger partial charge in [0.2, 0.25) is 11.8 Å². The molecule has 2 aliphatic rings. The first-order chi connectivity index (χ1) is 9.73. The molecule has 120 valence electrons. The highest BCUT2D eigenvalue weighted by Crippen LogP contribution is 2.31. The smallest absolute Gasteiger partial charge is 0.241 e. The van der Waals surface area contributed by atoms with Crippen LogP contribution in [0.4, 0.5) is 0 Å². The van der Waals surface area contributed by atoms with Crippen LogP contribution in [0.3, 0.4) is 0 Å². The van der Waals surface area contributed by atoms with E-state index in [1.807, 2.05) is 44.8 Å². The Hall–Kier alpha value is -1.14. The summed E-state index contributed by atoms with van der Waals surface area (Å²) in [6, 6.07) is 0.581. The number of rotatable bonds is 6. The van der Waals surface area contributed by atoms with Gasteiger partial charge in [-0.1, -0.05) is 0 Å². The molecule has 0 aromatic rings. The van der Waals surface area contributed by atoms with Gasteiger partial charge in [-0.2, -0.15) is 0 Å². The summed E-state index contributed by atoms with van der Waals surface area (Å²) in [5.41, 5.74) is 0. The van der Waals surface area contributed by atoms with Gasteiger partial charge in [-0.05, 0) is 41.3 Å². The van der Waals surface area contributed by atoms with Gasteiger partial charge in [0.25, 0.3) is 0 Å². The van der Waals surface area contributed by atoms with Crippen LogP contribution in [-0.4, -0.2) is 84.4 Å². The van der Waals surface area contributed by atoms with E-state index in [2.05, 4.69) is 17.1 Å². The second kappa shape index (κ2) is 5.93. The first-order valence-electron chi connectivity index (χ1n) is 7.73. The van der Waals surface area contributed by atoms with Crippen molar-refractivity contribution in [3.8, 4) is 0 Å². The molecule has 2 rings (SSSR count). The first-order valence-corrected chi connectivity index (χ1v) is 7.73. The van der Waals surface area contributed by atoms with Crippen LogP contribution in [0, 0.1) is 0 Å². The van der Waals surface area contributed by atoms with Gasteiger partial charge in [0.05, 0.1) is 0 Å². The molecule has 0 saturated carbocycles. The van der Waals surface area contributed by atoms with E-state index in [1.165, 1.54) is 0 Å². The van der Waals surface area contributed by atoms with Gasteiger partial charge in [-0.25, -0.2) is 0 Å². The topological polar surface area (TPSA) is 55.4 Å². The van der Waals surface area contributed by atoms with Crippen molar-refractivity contribution in [1.82, 2.24) is 20.0 Å². The SMILES string of the molecule is CC(C)NC(=O)C1C(CC(C)N(C)C(=O)C2CN2C)N1C. The lowest BCUT2D eigenvalue weighted by atomic mass is 10.1. The molecule has 2 aliphatic heterocycles. The monoisotopic (exact) mass is 296 g/mol. The van der Waals surface area contributed by atoms with E-state index >= 15 is 0 Å². The Morgan fingerprint density at radius 2 is 1.86 bits per heavy atom. The van der Waals surface area contributed by atoms with Crippen molar-refractivity contribution < 1.29 is 9.59 Å². The summed E-state index contributed by atoms with van der Waals surface area (Å²) in [7, 11) is 5.80. The van der Waals surface area contributed by atoms with Crippen LogP contribution >= 0.6 is 0 Å². The number of nitrogens with zero attached hydrogens (tertiary/aromatic N) is 3. The summed E-state index contributed by atoms with van der Waals surface area (Å²) in [5, 5.41) is 2.96. The van der Waals surface area contributed by atoms with Crippen LogP contribution in [0.15, 0.2) is 0 Å². The summed E-state index contributed by atoms with van der Waals surface area (Å²) >= 11 is 0. The van der Waals surface area contributed by atoms with E-state index in [9.17, 15) is 9.59 Å². The number of nitrogens with one attached hydrogen (secondary N) is 1. The molecule has 21 heavy (non-hydrogen) atoms. The van der Waals surface area contributed by atoms with Crippen LogP contribution in [0.25, 0.3) is 0 Å². The number of hydrogen-bond acceptors (Lipinski definition) is 4. The molecule has 6 atom stereocenters. The van der Waals surface area contributed by atoms with E-state index in [0.29, 0.717) is 0 Å². The summed E-state index contributed by atoms with van der Waals surface area (Å²) in [4.78, 5) is 30.2. The van der Waals surface area contributed by atoms with Crippen LogP contribution in [-0.2, 0) is 9.59 Å². The summed E-state index contributed by atoms with van der Waals surface area (Å²) in [6.45, 7) is 6.86. The third-order valence-electron chi connectivity index (χ3n) is 4.67. The van der Waals surface area contributed by atoms with Crippen LogP contribution in [0.2, 0.25) is 0 Å². The van der Waals surface area contributed by atoms with Crippen molar-refractivity contribution in [3.05, 3.63) is 0 Å². The fourth-order valence-electron chi connectivity index (χ4n) is 2.88. The second-order valence-corrected chi connectivity index (χ2v) is 6.83. The predicted molar refractivity (Wildman–Crippen MR) is 81.9 cm³/mol. The molecule has 6 nitrogen and oxygen atoms in total. The molecule has 0 aliphatic carbocycles. The molecule has 2 fully saturated rings. The molecule has 2 amide bonds. The van der Waals surface area contributed by atoms with Gasteiger partial charge >= 0.3 is 0 Å². The van der Waals surface area contributed by atoms with E-state index in [-0.39, 0.29) is 42.0 Å². The van der Waals surface area contributed by atoms with E-state index in [0.717, 1.165) is 13.0 Å². The Morgan fingerprint density at radius 3 is 2.33 bits per heavy atom. The molecule has 0 aromatic carbocycles. The molecule has 0 aromatic heterocycles. The van der Waals surface area contributed by atoms with Gasteiger partial charge in [0.15, 0.2) is 0 Å². The molecular formula is C15H28N4O2. The zero-order valence-electron chi connectivity index (χ0n) is 14.0. The van der Waals surface area contributed by atoms with Gasteiger partial charge in [-0.3, -0.25) is 19.4 Å². The quantitative estimate of drug-likeness (QED) is 0.687. The maximum atomic E-state index is 12.2. The molecule has 0 bridgehead atoms. The standard InChI is InChI=1S/C15H28N4O2/c1-9(2)16-14(20)13-11(19(13)6)7-10(3)18(5)15(21)12-8-17(12)4/h9-13H,7-8H2,1-6H3,(H,16,20). The zero-order valence-corrected chi connectivity index (χ0v) is 14.0. The minimum Gasteiger partial charge on any atom is -0.353 e. The number of likely N-dealkylation sites (N-methyl/N-ethyl adjacent to an activating group) is 3. The Morgan fingerprint density at radius 1 is 1.29 bits per heavy atom. The Kier molecular flexibility index (Phi) is 4.58. The van der Waals surface area contributed by atoms with Gasteiger partial charge in [0, 0.05) is 31.7 Å². The Bertz CT molecular complexity index is 426.